The lowest BCUT2D eigenvalue weighted by Gasteiger charge is -2.25. The molecule has 0 bridgehead atoms. The average Bonchev–Trinajstić information content (AvgIpc) is 3.36. The first-order valence-corrected chi connectivity index (χ1v) is 30.5. The molecule has 0 radical (unpaired) electrons. The molecule has 0 aliphatic heterocycles. The summed E-state index contributed by atoms with van der Waals surface area (Å²) in [5.74, 6) is -1.99. The quantitative estimate of drug-likeness (QED) is 0.0211. The van der Waals surface area contributed by atoms with Gasteiger partial charge in [0, 0.05) is 12.8 Å². The molecule has 2 atom stereocenters. The van der Waals surface area contributed by atoms with Crippen molar-refractivity contribution in [2.24, 2.45) is 0 Å². The van der Waals surface area contributed by atoms with Crippen LogP contribution in [-0.2, 0) is 33.3 Å². The highest BCUT2D eigenvalue weighted by Crippen LogP contribution is 2.17. The Morgan fingerprint density at radius 2 is 0.781 bits per heavy atom. The predicted molar refractivity (Wildman–Crippen MR) is 309 cm³/mol. The molecule has 0 aromatic carbocycles. The van der Waals surface area contributed by atoms with Crippen molar-refractivity contribution in [2.45, 2.75) is 283 Å². The Hall–Kier alpha value is -3.01. The van der Waals surface area contributed by atoms with Crippen LogP contribution in [0, 0.1) is 0 Å². The molecule has 424 valence electrons. The van der Waals surface area contributed by atoms with Crippen molar-refractivity contribution in [3.63, 3.8) is 0 Å². The van der Waals surface area contributed by atoms with Crippen LogP contribution in [0.5, 0.6) is 0 Å². The van der Waals surface area contributed by atoms with Crippen LogP contribution >= 0.6 is 0 Å². The second-order valence-corrected chi connectivity index (χ2v) is 21.6. The number of hydrogen-bond acceptors (Lipinski definition) is 7. The lowest BCUT2D eigenvalue weighted by Crippen LogP contribution is -2.40. The number of nitrogens with zero attached hydrogens (tertiary/aromatic N) is 1. The van der Waals surface area contributed by atoms with Crippen molar-refractivity contribution in [2.75, 3.05) is 47.5 Å². The lowest BCUT2D eigenvalue weighted by atomic mass is 10.0. The SMILES string of the molecule is CC/C=C\C/C=C\C/C=C\C/C=C\C/C=C\CCCCCCCCCCCCCCCCCCCC(=O)OC(COC(=O)CCCCCCCCCCCCCCCCC)COC(OCC[N+](C)(C)C)C(=O)O. The smallest absolute Gasteiger partial charge is 0.361 e. The molecule has 73 heavy (non-hydrogen) atoms. The van der Waals surface area contributed by atoms with E-state index in [4.69, 9.17) is 18.9 Å². The minimum Gasteiger partial charge on any atom is -0.477 e. The van der Waals surface area contributed by atoms with Crippen molar-refractivity contribution in [3.05, 3.63) is 60.8 Å². The molecule has 0 aliphatic rings. The largest absolute Gasteiger partial charge is 0.477 e. The van der Waals surface area contributed by atoms with Gasteiger partial charge in [0.2, 0.25) is 0 Å². The number of esters is 2. The van der Waals surface area contributed by atoms with E-state index >= 15 is 0 Å². The molecule has 0 fully saturated rings. The maximum atomic E-state index is 12.9. The number of ether oxygens (including phenoxy) is 4. The van der Waals surface area contributed by atoms with E-state index in [9.17, 15) is 19.5 Å². The fraction of sp³-hybridized carbons (Fsp3) is 0.797. The summed E-state index contributed by atoms with van der Waals surface area (Å²) in [5, 5.41) is 9.70. The van der Waals surface area contributed by atoms with E-state index in [0.29, 0.717) is 17.4 Å². The maximum Gasteiger partial charge on any atom is 0.361 e. The third kappa shape index (κ3) is 56.6. The Balaban J connectivity index is 4.09. The molecule has 0 amide bonds. The summed E-state index contributed by atoms with van der Waals surface area (Å²) in [4.78, 5) is 37.4. The first-order chi connectivity index (χ1) is 35.6. The van der Waals surface area contributed by atoms with E-state index in [2.05, 4.69) is 74.6 Å². The van der Waals surface area contributed by atoms with Gasteiger partial charge < -0.3 is 28.5 Å². The van der Waals surface area contributed by atoms with Crippen LogP contribution < -0.4 is 0 Å². The summed E-state index contributed by atoms with van der Waals surface area (Å²) < 4.78 is 22.9. The number of rotatable bonds is 56. The summed E-state index contributed by atoms with van der Waals surface area (Å²) in [5.41, 5.74) is 0. The Labute approximate surface area is 450 Å². The van der Waals surface area contributed by atoms with Crippen molar-refractivity contribution < 1.29 is 42.9 Å². The lowest BCUT2D eigenvalue weighted by molar-refractivity contribution is -0.870. The topological polar surface area (TPSA) is 108 Å². The normalized spacial score (nSPS) is 13.2. The van der Waals surface area contributed by atoms with Crippen molar-refractivity contribution >= 4 is 17.9 Å². The molecule has 9 nitrogen and oxygen atoms in total. The highest BCUT2D eigenvalue weighted by Gasteiger charge is 2.25. The van der Waals surface area contributed by atoms with Gasteiger partial charge >= 0.3 is 17.9 Å². The summed E-state index contributed by atoms with van der Waals surface area (Å²) in [6.45, 7) is 4.80. The van der Waals surface area contributed by atoms with Crippen LogP contribution in [-0.4, -0.2) is 87.4 Å². The fourth-order valence-electron chi connectivity index (χ4n) is 8.63. The van der Waals surface area contributed by atoms with Crippen LogP contribution in [0.2, 0.25) is 0 Å². The van der Waals surface area contributed by atoms with E-state index in [1.807, 2.05) is 21.1 Å². The first kappa shape index (κ1) is 70.0. The highest BCUT2D eigenvalue weighted by atomic mass is 16.7. The summed E-state index contributed by atoms with van der Waals surface area (Å²) in [7, 11) is 5.97. The molecular weight excluding hydrogens is 911 g/mol. The van der Waals surface area contributed by atoms with Crippen molar-refractivity contribution in [1.82, 2.24) is 0 Å². The number of hydrogen-bond donors (Lipinski definition) is 1. The summed E-state index contributed by atoms with van der Waals surface area (Å²) in [6, 6.07) is 0. The Morgan fingerprint density at radius 1 is 0.425 bits per heavy atom. The molecular formula is C64H116NO8+. The number of quaternary nitrogens is 1. The van der Waals surface area contributed by atoms with Gasteiger partial charge in [-0.3, -0.25) is 9.59 Å². The van der Waals surface area contributed by atoms with Crippen LogP contribution in [0.3, 0.4) is 0 Å². The number of unbranched alkanes of at least 4 members (excludes halogenated alkanes) is 31. The number of aliphatic carboxylic acids is 1. The maximum absolute atomic E-state index is 12.9. The standard InChI is InChI=1S/C64H115NO8/c1-6-8-10-12-14-16-18-20-22-23-24-25-26-27-28-29-30-31-32-33-34-35-36-37-38-39-41-43-45-47-49-51-53-55-62(67)73-60(59-72-64(63(68)69)70-57-56-65(3,4)5)58-71-61(66)54-52-50-48-46-44-42-40-21-19-17-15-13-11-9-7-2/h8,10,14,16,20,22,24-25,27-28,60,64H,6-7,9,11-13,15,17-19,21,23,26,29-59H2,1-5H3/p+1/b10-8-,16-14-,22-20-,25-24-,28-27-. The van der Waals surface area contributed by atoms with E-state index in [0.717, 1.165) is 70.6 Å². The Morgan fingerprint density at radius 3 is 1.16 bits per heavy atom. The van der Waals surface area contributed by atoms with Crippen LogP contribution in [0.1, 0.15) is 271 Å². The van der Waals surface area contributed by atoms with Gasteiger partial charge in [-0.2, -0.15) is 0 Å². The van der Waals surface area contributed by atoms with Gasteiger partial charge in [0.05, 0.1) is 34.4 Å². The zero-order chi connectivity index (χ0) is 53.4. The zero-order valence-corrected chi connectivity index (χ0v) is 48.3. The Bertz CT molecular complexity index is 1380. The van der Waals surface area contributed by atoms with E-state index in [-0.39, 0.29) is 32.2 Å². The van der Waals surface area contributed by atoms with Crippen molar-refractivity contribution in [1.29, 1.82) is 0 Å². The zero-order valence-electron chi connectivity index (χ0n) is 48.3. The van der Waals surface area contributed by atoms with Gasteiger partial charge in [0.25, 0.3) is 6.29 Å². The predicted octanol–water partition coefficient (Wildman–Crippen LogP) is 18.0. The molecule has 1 N–H and O–H groups in total. The number of allylic oxidation sites excluding steroid dienone is 10. The monoisotopic (exact) mass is 1030 g/mol. The molecule has 0 heterocycles. The van der Waals surface area contributed by atoms with Gasteiger partial charge in [-0.15, -0.1) is 0 Å². The number of carboxylic acid groups (broad SMARTS) is 1. The molecule has 2 unspecified atom stereocenters. The summed E-state index contributed by atoms with van der Waals surface area (Å²) in [6.07, 6.45) is 67.4. The summed E-state index contributed by atoms with van der Waals surface area (Å²) >= 11 is 0. The van der Waals surface area contributed by atoms with E-state index < -0.39 is 24.3 Å². The third-order valence-corrected chi connectivity index (χ3v) is 13.3. The van der Waals surface area contributed by atoms with Gasteiger partial charge in [-0.1, -0.05) is 261 Å². The minimum absolute atomic E-state index is 0.178. The van der Waals surface area contributed by atoms with Gasteiger partial charge in [-0.05, 0) is 57.8 Å². The highest BCUT2D eigenvalue weighted by molar-refractivity contribution is 5.71. The second kappa shape index (κ2) is 55.2. The molecule has 0 saturated heterocycles. The van der Waals surface area contributed by atoms with Gasteiger partial charge in [-0.25, -0.2) is 4.79 Å². The number of likely N-dealkylation sites (N-methyl/N-ethyl adjacent to an activating group) is 1. The van der Waals surface area contributed by atoms with E-state index in [1.165, 1.54) is 173 Å². The van der Waals surface area contributed by atoms with Crippen LogP contribution in [0.25, 0.3) is 0 Å². The van der Waals surface area contributed by atoms with E-state index in [1.54, 1.807) is 0 Å². The number of carboxylic acids is 1. The minimum atomic E-state index is -1.51. The molecule has 9 heteroatoms. The average molecular weight is 1030 g/mol. The van der Waals surface area contributed by atoms with Crippen LogP contribution in [0.4, 0.5) is 0 Å². The number of carbonyl (C=O) groups excluding carboxylic acids is 2. The molecule has 0 aliphatic carbocycles. The fourth-order valence-corrected chi connectivity index (χ4v) is 8.63. The third-order valence-electron chi connectivity index (χ3n) is 13.3. The molecule has 0 saturated carbocycles. The molecule has 0 aromatic heterocycles. The number of carbonyl (C=O) groups is 3. The van der Waals surface area contributed by atoms with Gasteiger partial charge in [0.1, 0.15) is 13.2 Å². The van der Waals surface area contributed by atoms with Gasteiger partial charge in [0.15, 0.2) is 6.10 Å². The molecule has 0 rings (SSSR count). The first-order valence-electron chi connectivity index (χ1n) is 30.5. The molecule has 0 spiro atoms. The Kier molecular flexibility index (Phi) is 53.0. The van der Waals surface area contributed by atoms with Crippen molar-refractivity contribution in [3.8, 4) is 0 Å². The second-order valence-electron chi connectivity index (χ2n) is 21.6. The van der Waals surface area contributed by atoms with Crippen LogP contribution in [0.15, 0.2) is 60.8 Å². The molecule has 0 aromatic rings.